The van der Waals surface area contributed by atoms with Crippen LogP contribution in [0.3, 0.4) is 0 Å². The molecule has 2 fully saturated rings. The molecule has 2 N–H and O–H groups in total. The number of hydrogen-bond donors (Lipinski definition) is 2. The normalized spacial score (nSPS) is 22.2. The lowest BCUT2D eigenvalue weighted by Gasteiger charge is -2.33. The molecule has 4 heterocycles. The minimum atomic E-state index is -5.21. The summed E-state index contributed by atoms with van der Waals surface area (Å²) in [5.74, 6) is -4.08. The number of carbonyl (C=O) groups excluding carboxylic acids is 3. The molecule has 1 saturated heterocycles. The molecular formula is C28H26F3N7O3. The van der Waals surface area contributed by atoms with Gasteiger partial charge in [0.1, 0.15) is 18.1 Å². The largest absolute Gasteiger partial charge is 0.471 e. The van der Waals surface area contributed by atoms with Gasteiger partial charge in [0.25, 0.3) is 0 Å². The minimum absolute atomic E-state index is 0.0824. The number of nitrogens with one attached hydrogen (secondary N) is 2. The molecule has 3 amide bonds. The average Bonchev–Trinajstić information content (AvgIpc) is 3.27. The summed E-state index contributed by atoms with van der Waals surface area (Å²) < 4.78 is 39.5. The maximum atomic E-state index is 13.8. The van der Waals surface area contributed by atoms with Crippen LogP contribution < -0.4 is 10.6 Å². The van der Waals surface area contributed by atoms with Crippen molar-refractivity contribution in [3.8, 4) is 6.07 Å². The third-order valence-electron chi connectivity index (χ3n) is 8.05. The van der Waals surface area contributed by atoms with Gasteiger partial charge in [0.15, 0.2) is 0 Å². The Hall–Kier alpha value is -4.60. The summed E-state index contributed by atoms with van der Waals surface area (Å²) in [7, 11) is 0. The SMILES string of the molecule is CC1(C)[C@@H]2[C@@H](C(=O)NC(C#N)c3cncc4cccnc34)N(C(=O)[C@H](Cc3cccnc3)NC(=O)C(F)(F)F)C[C@@H]21. The van der Waals surface area contributed by atoms with Crippen LogP contribution >= 0.6 is 0 Å². The highest BCUT2D eigenvalue weighted by atomic mass is 19.4. The monoisotopic (exact) mass is 565 g/mol. The lowest BCUT2D eigenvalue weighted by Crippen LogP contribution is -2.57. The van der Waals surface area contributed by atoms with Gasteiger partial charge in [-0.25, -0.2) is 0 Å². The number of pyridine rings is 3. The summed E-state index contributed by atoms with van der Waals surface area (Å²) in [6, 6.07) is 4.86. The second-order valence-corrected chi connectivity index (χ2v) is 10.9. The Kier molecular flexibility index (Phi) is 7.10. The number of nitriles is 1. The molecule has 0 radical (unpaired) electrons. The van der Waals surface area contributed by atoms with Gasteiger partial charge < -0.3 is 15.5 Å². The summed E-state index contributed by atoms with van der Waals surface area (Å²) in [5, 5.41) is 15.1. The van der Waals surface area contributed by atoms with Crippen molar-refractivity contribution in [2.75, 3.05) is 6.54 Å². The highest BCUT2D eigenvalue weighted by Crippen LogP contribution is 2.65. The zero-order valence-corrected chi connectivity index (χ0v) is 22.1. The molecule has 212 valence electrons. The molecule has 5 atom stereocenters. The fraction of sp³-hybridized carbons (Fsp3) is 0.393. The predicted octanol–water partition coefficient (Wildman–Crippen LogP) is 2.48. The van der Waals surface area contributed by atoms with Gasteiger partial charge in [-0.15, -0.1) is 0 Å². The fourth-order valence-electron chi connectivity index (χ4n) is 5.85. The molecule has 1 unspecified atom stereocenters. The highest BCUT2D eigenvalue weighted by Gasteiger charge is 2.69. The van der Waals surface area contributed by atoms with Gasteiger partial charge in [0, 0.05) is 54.9 Å². The first-order valence-electron chi connectivity index (χ1n) is 12.9. The van der Waals surface area contributed by atoms with E-state index in [2.05, 4.69) is 26.3 Å². The number of likely N-dealkylation sites (tertiary alicyclic amines) is 1. The highest BCUT2D eigenvalue weighted by molar-refractivity contribution is 5.95. The van der Waals surface area contributed by atoms with Crippen molar-refractivity contribution in [3.05, 3.63) is 66.4 Å². The van der Waals surface area contributed by atoms with Gasteiger partial charge in [0.2, 0.25) is 11.8 Å². The van der Waals surface area contributed by atoms with E-state index in [1.165, 1.54) is 23.5 Å². The van der Waals surface area contributed by atoms with Crippen molar-refractivity contribution in [2.24, 2.45) is 17.3 Å². The van der Waals surface area contributed by atoms with Crippen molar-refractivity contribution in [3.63, 3.8) is 0 Å². The molecule has 1 saturated carbocycles. The summed E-state index contributed by atoms with van der Waals surface area (Å²) in [5.41, 5.74) is 0.968. The zero-order chi connectivity index (χ0) is 29.5. The second-order valence-electron chi connectivity index (χ2n) is 10.9. The van der Waals surface area contributed by atoms with Crippen LogP contribution in [0, 0.1) is 28.6 Å². The van der Waals surface area contributed by atoms with Crippen molar-refractivity contribution in [1.82, 2.24) is 30.5 Å². The van der Waals surface area contributed by atoms with Crippen LogP contribution in [-0.4, -0.2) is 62.4 Å². The van der Waals surface area contributed by atoms with Gasteiger partial charge in [-0.2, -0.15) is 18.4 Å². The smallest absolute Gasteiger partial charge is 0.336 e. The minimum Gasteiger partial charge on any atom is -0.336 e. The van der Waals surface area contributed by atoms with Crippen LogP contribution in [0.2, 0.25) is 0 Å². The van der Waals surface area contributed by atoms with E-state index in [1.807, 2.05) is 13.8 Å². The number of alkyl halides is 3. The molecule has 3 aromatic rings. The third kappa shape index (κ3) is 5.29. The van der Waals surface area contributed by atoms with Gasteiger partial charge in [0.05, 0.1) is 11.6 Å². The van der Waals surface area contributed by atoms with Crippen molar-refractivity contribution in [1.29, 1.82) is 5.26 Å². The molecule has 5 rings (SSSR count). The van der Waals surface area contributed by atoms with E-state index in [-0.39, 0.29) is 30.2 Å². The van der Waals surface area contributed by atoms with E-state index in [1.54, 1.807) is 42.0 Å². The Morgan fingerprint density at radius 1 is 1.12 bits per heavy atom. The van der Waals surface area contributed by atoms with E-state index < -0.39 is 42.0 Å². The number of halogens is 3. The van der Waals surface area contributed by atoms with Crippen LogP contribution in [-0.2, 0) is 20.8 Å². The molecule has 0 aromatic carbocycles. The molecular weight excluding hydrogens is 539 g/mol. The van der Waals surface area contributed by atoms with Crippen molar-refractivity contribution < 1.29 is 27.6 Å². The molecule has 13 heteroatoms. The number of fused-ring (bicyclic) bond motifs is 2. The van der Waals surface area contributed by atoms with Gasteiger partial charge in [-0.3, -0.25) is 29.3 Å². The molecule has 3 aromatic heterocycles. The first-order chi connectivity index (χ1) is 19.4. The number of nitrogens with zero attached hydrogens (tertiary/aromatic N) is 5. The van der Waals surface area contributed by atoms with Crippen molar-refractivity contribution in [2.45, 2.75) is 44.6 Å². The quantitative estimate of drug-likeness (QED) is 0.448. The maximum Gasteiger partial charge on any atom is 0.471 e. The van der Waals surface area contributed by atoms with E-state index in [0.717, 1.165) is 0 Å². The first-order valence-corrected chi connectivity index (χ1v) is 12.9. The van der Waals surface area contributed by atoms with Gasteiger partial charge in [-0.1, -0.05) is 19.9 Å². The Morgan fingerprint density at radius 2 is 1.88 bits per heavy atom. The summed E-state index contributed by atoms with van der Waals surface area (Å²) in [6.07, 6.45) is 1.95. The Balaban J connectivity index is 1.43. The van der Waals surface area contributed by atoms with E-state index in [9.17, 15) is 32.8 Å². The molecule has 2 aliphatic rings. The average molecular weight is 566 g/mol. The van der Waals surface area contributed by atoms with Gasteiger partial charge in [-0.05, 0) is 41.0 Å². The number of rotatable bonds is 7. The second kappa shape index (κ2) is 10.4. The van der Waals surface area contributed by atoms with Crippen LogP contribution in [0.15, 0.2) is 55.2 Å². The Labute approximate surface area is 233 Å². The summed E-state index contributed by atoms with van der Waals surface area (Å²) >= 11 is 0. The number of aromatic nitrogens is 3. The first kappa shape index (κ1) is 27.9. The lowest BCUT2D eigenvalue weighted by molar-refractivity contribution is -0.175. The number of piperidine rings is 1. The van der Waals surface area contributed by atoms with E-state index in [0.29, 0.717) is 22.0 Å². The molecule has 1 aliphatic heterocycles. The maximum absolute atomic E-state index is 13.8. The standard InChI is InChI=1S/C28H26F3N7O3/c1-27(2)18-14-38(25(40)19(37-26(41)28(29,30)31)9-15-5-3-7-33-11-15)23(21(18)27)24(39)36-20(10-32)17-13-34-12-16-6-4-8-35-22(16)17/h3-8,11-13,18-21,23H,9,14H2,1-2H3,(H,36,39)(H,37,41)/t18-,19-,20?,21-,23-/m0/s1. The van der Waals surface area contributed by atoms with Crippen LogP contribution in [0.4, 0.5) is 13.2 Å². The number of carbonyl (C=O) groups is 3. The molecule has 0 bridgehead atoms. The summed E-state index contributed by atoms with van der Waals surface area (Å²) in [6.45, 7) is 4.02. The number of amides is 3. The Morgan fingerprint density at radius 3 is 2.56 bits per heavy atom. The van der Waals surface area contributed by atoms with Crippen LogP contribution in [0.5, 0.6) is 0 Å². The third-order valence-corrected chi connectivity index (χ3v) is 8.05. The predicted molar refractivity (Wildman–Crippen MR) is 138 cm³/mol. The van der Waals surface area contributed by atoms with Gasteiger partial charge >= 0.3 is 12.1 Å². The molecule has 41 heavy (non-hydrogen) atoms. The zero-order valence-electron chi connectivity index (χ0n) is 22.1. The lowest BCUT2D eigenvalue weighted by atomic mass is 9.98. The van der Waals surface area contributed by atoms with E-state index in [4.69, 9.17) is 0 Å². The van der Waals surface area contributed by atoms with Crippen LogP contribution in [0.25, 0.3) is 10.9 Å². The van der Waals surface area contributed by atoms with Crippen molar-refractivity contribution >= 4 is 28.6 Å². The number of hydrogen-bond acceptors (Lipinski definition) is 7. The van der Waals surface area contributed by atoms with Crippen LogP contribution in [0.1, 0.15) is 31.0 Å². The molecule has 10 nitrogen and oxygen atoms in total. The summed E-state index contributed by atoms with van der Waals surface area (Å²) in [4.78, 5) is 53.0. The Bertz CT molecular complexity index is 1530. The molecule has 0 spiro atoms. The fourth-order valence-corrected chi connectivity index (χ4v) is 5.85. The topological polar surface area (TPSA) is 141 Å². The van der Waals surface area contributed by atoms with E-state index >= 15 is 0 Å². The molecule has 1 aliphatic carbocycles.